The van der Waals surface area contributed by atoms with Crippen molar-refractivity contribution in [2.45, 2.75) is 83.2 Å². The Kier molecular flexibility index (Phi) is 4.99. The molecule has 0 aromatic carbocycles. The van der Waals surface area contributed by atoms with Crippen molar-refractivity contribution in [3.63, 3.8) is 0 Å². The number of halogens is 1. The number of fused-ring (bicyclic) bond motifs is 5. The topological polar surface area (TPSA) is 37.3 Å². The minimum Gasteiger partial charge on any atom is -0.378 e. The minimum atomic E-state index is -0.708. The quantitative estimate of drug-likeness (QED) is 0.457. The average molecular weight is 447 g/mol. The Morgan fingerprint density at radius 1 is 1.00 bits per heavy atom. The summed E-state index contributed by atoms with van der Waals surface area (Å²) < 4.78 is 0. The molecule has 0 bridgehead atoms. The van der Waals surface area contributed by atoms with E-state index in [2.05, 4.69) is 34.7 Å². The molecule has 28 heavy (non-hydrogen) atoms. The number of Topliss-reactive ketones (excluding diaryl/α,β-unsaturated/α-hetero) is 1. The standard InChI is InChI=1S/C25H35BrO2/c1-24-11-9-19-18-10-13-25(28,12-8-16-2-3-16)14-17(18)4-5-20(19)21(24)6-7-22(24)23(27)15-26/h16-22,28H,2-7,9-11,13-15H2,1H3/t17-,18+,19-,20-,21+,22-,24?,25-/m1/s1. The van der Waals surface area contributed by atoms with Gasteiger partial charge in [-0.3, -0.25) is 4.79 Å². The van der Waals surface area contributed by atoms with Crippen LogP contribution >= 0.6 is 15.9 Å². The Hall–Kier alpha value is -0.330. The molecule has 0 radical (unpaired) electrons. The number of rotatable bonds is 2. The van der Waals surface area contributed by atoms with Gasteiger partial charge in [0.1, 0.15) is 11.4 Å². The van der Waals surface area contributed by atoms with Gasteiger partial charge in [-0.1, -0.05) is 34.7 Å². The molecule has 5 saturated carbocycles. The summed E-state index contributed by atoms with van der Waals surface area (Å²) in [6.07, 6.45) is 12.9. The summed E-state index contributed by atoms with van der Waals surface area (Å²) in [5.74, 6) is 11.8. The molecular weight excluding hydrogens is 412 g/mol. The molecule has 5 aliphatic rings. The molecule has 0 spiro atoms. The van der Waals surface area contributed by atoms with Crippen molar-refractivity contribution in [1.29, 1.82) is 0 Å². The van der Waals surface area contributed by atoms with E-state index in [1.165, 1.54) is 44.9 Å². The molecule has 5 aliphatic carbocycles. The summed E-state index contributed by atoms with van der Waals surface area (Å²) in [6, 6.07) is 0. The Morgan fingerprint density at radius 3 is 2.54 bits per heavy atom. The molecule has 0 aromatic heterocycles. The molecule has 3 heteroatoms. The van der Waals surface area contributed by atoms with Crippen LogP contribution in [0.5, 0.6) is 0 Å². The zero-order valence-electron chi connectivity index (χ0n) is 17.3. The second kappa shape index (κ2) is 7.12. The van der Waals surface area contributed by atoms with E-state index >= 15 is 0 Å². The van der Waals surface area contributed by atoms with Gasteiger partial charge in [0.05, 0.1) is 5.33 Å². The van der Waals surface area contributed by atoms with Crippen molar-refractivity contribution in [2.75, 3.05) is 5.33 Å². The number of carbonyl (C=O) groups excluding carboxylic acids is 1. The second-order valence-corrected chi connectivity index (χ2v) is 11.6. The van der Waals surface area contributed by atoms with E-state index in [9.17, 15) is 9.90 Å². The third kappa shape index (κ3) is 3.22. The number of alkyl halides is 1. The molecule has 0 aliphatic heterocycles. The Bertz CT molecular complexity index is 703. The number of carbonyl (C=O) groups is 1. The smallest absolute Gasteiger partial charge is 0.147 e. The van der Waals surface area contributed by atoms with Gasteiger partial charge in [0.15, 0.2) is 0 Å². The van der Waals surface area contributed by atoms with Crippen LogP contribution in [-0.4, -0.2) is 21.8 Å². The number of aliphatic hydroxyl groups is 1. The lowest BCUT2D eigenvalue weighted by atomic mass is 9.49. The highest BCUT2D eigenvalue weighted by atomic mass is 79.9. The van der Waals surface area contributed by atoms with Crippen LogP contribution in [0.15, 0.2) is 0 Å². The molecule has 8 atom stereocenters. The van der Waals surface area contributed by atoms with Gasteiger partial charge in [-0.05, 0) is 106 Å². The van der Waals surface area contributed by atoms with E-state index in [0.29, 0.717) is 22.9 Å². The summed E-state index contributed by atoms with van der Waals surface area (Å²) in [5, 5.41) is 11.6. The van der Waals surface area contributed by atoms with Gasteiger partial charge in [-0.15, -0.1) is 0 Å². The summed E-state index contributed by atoms with van der Waals surface area (Å²) in [5.41, 5.74) is -0.468. The van der Waals surface area contributed by atoms with Crippen molar-refractivity contribution < 1.29 is 9.90 Å². The van der Waals surface area contributed by atoms with Gasteiger partial charge in [0.25, 0.3) is 0 Å². The van der Waals surface area contributed by atoms with Gasteiger partial charge >= 0.3 is 0 Å². The van der Waals surface area contributed by atoms with Crippen molar-refractivity contribution in [3.8, 4) is 11.8 Å². The number of hydrogen-bond donors (Lipinski definition) is 1. The maximum absolute atomic E-state index is 12.6. The van der Waals surface area contributed by atoms with E-state index in [-0.39, 0.29) is 11.3 Å². The molecule has 5 fully saturated rings. The predicted octanol–water partition coefficient (Wildman–Crippen LogP) is 5.36. The van der Waals surface area contributed by atoms with Gasteiger partial charge in [-0.25, -0.2) is 0 Å². The van der Waals surface area contributed by atoms with E-state index in [1.807, 2.05) is 0 Å². The lowest BCUT2D eigenvalue weighted by molar-refractivity contribution is -0.129. The van der Waals surface area contributed by atoms with Crippen LogP contribution in [0.3, 0.4) is 0 Å². The number of hydrogen-bond acceptors (Lipinski definition) is 2. The number of ketones is 1. The zero-order valence-corrected chi connectivity index (χ0v) is 18.8. The van der Waals surface area contributed by atoms with E-state index in [4.69, 9.17) is 0 Å². The Morgan fingerprint density at radius 2 is 1.79 bits per heavy atom. The molecule has 2 nitrogen and oxygen atoms in total. The molecule has 0 heterocycles. The maximum Gasteiger partial charge on any atom is 0.147 e. The SMILES string of the molecule is CC12CC[C@H]3[C@@H](CC[C@@H]4C[C@@](O)(C#CC5CC5)CC[C@@H]43)[C@@H]1CC[C@@H]2C(=O)CBr. The zero-order chi connectivity index (χ0) is 19.5. The molecule has 5 rings (SSSR count). The monoisotopic (exact) mass is 446 g/mol. The van der Waals surface area contributed by atoms with Crippen LogP contribution < -0.4 is 0 Å². The molecule has 0 saturated heterocycles. The fourth-order valence-corrected chi connectivity index (χ4v) is 8.47. The summed E-state index contributed by atoms with van der Waals surface area (Å²) in [7, 11) is 0. The summed E-state index contributed by atoms with van der Waals surface area (Å²) >= 11 is 3.43. The molecule has 1 N–H and O–H groups in total. The van der Waals surface area contributed by atoms with Crippen molar-refractivity contribution in [1.82, 2.24) is 0 Å². The highest BCUT2D eigenvalue weighted by Gasteiger charge is 2.58. The van der Waals surface area contributed by atoms with E-state index in [1.54, 1.807) is 0 Å². The third-order valence-corrected chi connectivity index (χ3v) is 10.2. The first kappa shape index (κ1) is 19.6. The van der Waals surface area contributed by atoms with Crippen molar-refractivity contribution in [2.24, 2.45) is 46.8 Å². The fourth-order valence-electron chi connectivity index (χ4n) is 8.08. The molecule has 0 aromatic rings. The van der Waals surface area contributed by atoms with Crippen LogP contribution in [0.1, 0.15) is 77.6 Å². The Labute approximate surface area is 178 Å². The third-order valence-electron chi connectivity index (χ3n) is 9.62. The van der Waals surface area contributed by atoms with Crippen LogP contribution in [-0.2, 0) is 4.79 Å². The van der Waals surface area contributed by atoms with Crippen molar-refractivity contribution in [3.05, 3.63) is 0 Å². The predicted molar refractivity (Wildman–Crippen MR) is 115 cm³/mol. The van der Waals surface area contributed by atoms with Crippen LogP contribution in [0.2, 0.25) is 0 Å². The van der Waals surface area contributed by atoms with E-state index < -0.39 is 5.60 Å². The largest absolute Gasteiger partial charge is 0.378 e. The molecular formula is C25H35BrO2. The van der Waals surface area contributed by atoms with Crippen LogP contribution in [0, 0.1) is 58.7 Å². The first-order valence-electron chi connectivity index (χ1n) is 11.8. The maximum atomic E-state index is 12.6. The highest BCUT2D eigenvalue weighted by Crippen LogP contribution is 2.64. The molecule has 0 amide bonds. The van der Waals surface area contributed by atoms with Gasteiger partial charge < -0.3 is 5.11 Å². The first-order chi connectivity index (χ1) is 13.4. The molecule has 1 unspecified atom stereocenters. The normalized spacial score (nSPS) is 50.0. The lowest BCUT2D eigenvalue weighted by Gasteiger charge is -2.56. The van der Waals surface area contributed by atoms with E-state index in [0.717, 1.165) is 49.4 Å². The van der Waals surface area contributed by atoms with Crippen molar-refractivity contribution >= 4 is 21.7 Å². The highest BCUT2D eigenvalue weighted by molar-refractivity contribution is 9.09. The minimum absolute atomic E-state index is 0.240. The van der Waals surface area contributed by atoms with Gasteiger partial charge in [0.2, 0.25) is 0 Å². The lowest BCUT2D eigenvalue weighted by Crippen LogP contribution is -2.51. The van der Waals surface area contributed by atoms with Gasteiger partial charge in [-0.2, -0.15) is 0 Å². The molecule has 154 valence electrons. The summed E-state index contributed by atoms with van der Waals surface area (Å²) in [4.78, 5) is 12.6. The van der Waals surface area contributed by atoms with Gasteiger partial charge in [0, 0.05) is 11.8 Å². The van der Waals surface area contributed by atoms with Crippen LogP contribution in [0.4, 0.5) is 0 Å². The second-order valence-electron chi connectivity index (χ2n) is 11.0. The first-order valence-corrected chi connectivity index (χ1v) is 12.9. The van der Waals surface area contributed by atoms with Crippen LogP contribution in [0.25, 0.3) is 0 Å². The summed E-state index contributed by atoms with van der Waals surface area (Å²) in [6.45, 7) is 2.44. The average Bonchev–Trinajstić information content (AvgIpc) is 3.45. The fraction of sp³-hybridized carbons (Fsp3) is 0.880. The Balaban J connectivity index is 1.31.